The lowest BCUT2D eigenvalue weighted by molar-refractivity contribution is 0.404. The van der Waals surface area contributed by atoms with Gasteiger partial charge >= 0.3 is 0 Å². The monoisotopic (exact) mass is 291 g/mol. The van der Waals surface area contributed by atoms with Gasteiger partial charge in [0.15, 0.2) is 0 Å². The van der Waals surface area contributed by atoms with Gasteiger partial charge in [0.05, 0.1) is 0 Å². The van der Waals surface area contributed by atoms with E-state index in [0.29, 0.717) is 5.92 Å². The number of hydrogen-bond acceptors (Lipinski definition) is 2. The van der Waals surface area contributed by atoms with Crippen molar-refractivity contribution >= 4 is 11.3 Å². The van der Waals surface area contributed by atoms with E-state index in [4.69, 9.17) is 0 Å². The van der Waals surface area contributed by atoms with Crippen molar-refractivity contribution in [2.24, 2.45) is 0 Å². The van der Waals surface area contributed by atoms with Crippen molar-refractivity contribution in [2.75, 3.05) is 6.54 Å². The molecule has 3 heteroatoms. The number of thiophene rings is 1. The fourth-order valence-electron chi connectivity index (χ4n) is 2.19. The molecule has 0 radical (unpaired) electrons. The van der Waals surface area contributed by atoms with E-state index in [0.717, 1.165) is 18.5 Å². The molecule has 2 rings (SSSR count). The lowest BCUT2D eigenvalue weighted by Gasteiger charge is -2.25. The van der Waals surface area contributed by atoms with Gasteiger partial charge in [-0.2, -0.15) is 11.3 Å². The molecule has 0 aliphatic rings. The minimum Gasteiger partial charge on any atom is -0.311 e. The van der Waals surface area contributed by atoms with Gasteiger partial charge in [0.2, 0.25) is 0 Å². The topological polar surface area (TPSA) is 12.0 Å². The van der Waals surface area contributed by atoms with Crippen LogP contribution in [0.3, 0.4) is 0 Å². The third-order valence-corrected chi connectivity index (χ3v) is 3.99. The van der Waals surface area contributed by atoms with Crippen molar-refractivity contribution in [1.82, 2.24) is 5.32 Å². The van der Waals surface area contributed by atoms with Crippen LogP contribution < -0.4 is 5.32 Å². The zero-order chi connectivity index (χ0) is 14.6. The Hall–Kier alpha value is -1.19. The van der Waals surface area contributed by atoms with Crippen molar-refractivity contribution in [1.29, 1.82) is 0 Å². The quantitative estimate of drug-likeness (QED) is 0.849. The normalized spacial score (nSPS) is 13.4. The lowest BCUT2D eigenvalue weighted by Crippen LogP contribution is -2.39. The van der Waals surface area contributed by atoms with E-state index in [1.165, 1.54) is 11.6 Å². The van der Waals surface area contributed by atoms with Crippen LogP contribution >= 0.6 is 11.3 Å². The highest BCUT2D eigenvalue weighted by Crippen LogP contribution is 2.23. The fourth-order valence-corrected chi connectivity index (χ4v) is 2.87. The first-order chi connectivity index (χ1) is 9.44. The van der Waals surface area contributed by atoms with Crippen LogP contribution in [0.25, 0.3) is 0 Å². The third-order valence-electron chi connectivity index (χ3n) is 3.26. The molecule has 0 bridgehead atoms. The summed E-state index contributed by atoms with van der Waals surface area (Å²) in [5.41, 5.74) is 2.45. The molecule has 1 nitrogen and oxygen atoms in total. The van der Waals surface area contributed by atoms with Crippen LogP contribution in [-0.2, 0) is 6.42 Å². The predicted molar refractivity (Wildman–Crippen MR) is 84.9 cm³/mol. The summed E-state index contributed by atoms with van der Waals surface area (Å²) < 4.78 is 13.5. The molecule has 1 heterocycles. The van der Waals surface area contributed by atoms with Crippen LogP contribution in [-0.4, -0.2) is 12.1 Å². The van der Waals surface area contributed by atoms with Crippen LogP contribution in [0.15, 0.2) is 41.1 Å². The number of halogens is 1. The molecule has 1 aromatic carbocycles. The van der Waals surface area contributed by atoms with Gasteiger partial charge in [0.25, 0.3) is 0 Å². The summed E-state index contributed by atoms with van der Waals surface area (Å²) in [7, 11) is 0. The minimum absolute atomic E-state index is 0.0697. The third kappa shape index (κ3) is 4.73. The van der Waals surface area contributed by atoms with Crippen LogP contribution in [0.2, 0.25) is 0 Å². The molecule has 1 atom stereocenters. The first-order valence-electron chi connectivity index (χ1n) is 6.95. The first kappa shape index (κ1) is 15.2. The van der Waals surface area contributed by atoms with Gasteiger partial charge in [0.1, 0.15) is 5.82 Å². The molecule has 20 heavy (non-hydrogen) atoms. The van der Waals surface area contributed by atoms with E-state index in [1.54, 1.807) is 23.5 Å². The van der Waals surface area contributed by atoms with Gasteiger partial charge < -0.3 is 5.32 Å². The number of hydrogen-bond donors (Lipinski definition) is 1. The highest BCUT2D eigenvalue weighted by Gasteiger charge is 2.17. The van der Waals surface area contributed by atoms with Crippen LogP contribution in [0.1, 0.15) is 37.8 Å². The Bertz CT molecular complexity index is 528. The SMILES string of the molecule is CC(C)(C)NCC(Cc1ccsc1)c1cccc(F)c1. The highest BCUT2D eigenvalue weighted by atomic mass is 32.1. The average molecular weight is 291 g/mol. The molecule has 108 valence electrons. The van der Waals surface area contributed by atoms with Crippen molar-refractivity contribution < 1.29 is 4.39 Å². The summed E-state index contributed by atoms with van der Waals surface area (Å²) in [4.78, 5) is 0. The number of rotatable bonds is 5. The summed E-state index contributed by atoms with van der Waals surface area (Å²) in [6.07, 6.45) is 0.941. The molecule has 1 unspecified atom stereocenters. The van der Waals surface area contributed by atoms with Gasteiger partial charge in [-0.1, -0.05) is 12.1 Å². The second-order valence-corrected chi connectivity index (χ2v) is 7.00. The predicted octanol–water partition coefficient (Wildman–Crippen LogP) is 4.60. The van der Waals surface area contributed by atoms with E-state index in [-0.39, 0.29) is 11.4 Å². The second kappa shape index (κ2) is 6.51. The summed E-state index contributed by atoms with van der Waals surface area (Å²) >= 11 is 1.71. The van der Waals surface area contributed by atoms with Gasteiger partial charge in [-0.15, -0.1) is 0 Å². The van der Waals surface area contributed by atoms with E-state index in [9.17, 15) is 4.39 Å². The maximum absolute atomic E-state index is 13.5. The van der Waals surface area contributed by atoms with E-state index in [2.05, 4.69) is 42.9 Å². The van der Waals surface area contributed by atoms with E-state index in [1.807, 2.05) is 6.07 Å². The molecule has 2 aromatic rings. The second-order valence-electron chi connectivity index (χ2n) is 6.22. The zero-order valence-corrected chi connectivity index (χ0v) is 13.1. The molecule has 1 N–H and O–H groups in total. The van der Waals surface area contributed by atoms with Crippen molar-refractivity contribution in [3.8, 4) is 0 Å². The molecule has 0 fully saturated rings. The Morgan fingerprint density at radius 3 is 2.65 bits per heavy atom. The van der Waals surface area contributed by atoms with Crippen molar-refractivity contribution in [3.63, 3.8) is 0 Å². The molecular weight excluding hydrogens is 269 g/mol. The Kier molecular flexibility index (Phi) is 4.95. The highest BCUT2D eigenvalue weighted by molar-refractivity contribution is 7.07. The smallest absolute Gasteiger partial charge is 0.123 e. The molecule has 0 amide bonds. The maximum atomic E-state index is 13.5. The summed E-state index contributed by atoms with van der Waals surface area (Å²) in [6.45, 7) is 7.31. The van der Waals surface area contributed by atoms with E-state index < -0.39 is 0 Å². The van der Waals surface area contributed by atoms with Crippen molar-refractivity contribution in [2.45, 2.75) is 38.6 Å². The Morgan fingerprint density at radius 1 is 1.25 bits per heavy atom. The summed E-state index contributed by atoms with van der Waals surface area (Å²) in [5.74, 6) is 0.133. The zero-order valence-electron chi connectivity index (χ0n) is 12.3. The molecule has 0 aliphatic heterocycles. The van der Waals surface area contributed by atoms with Crippen LogP contribution in [0, 0.1) is 5.82 Å². The Balaban J connectivity index is 2.15. The number of benzene rings is 1. The Morgan fingerprint density at radius 2 is 2.05 bits per heavy atom. The van der Waals surface area contributed by atoms with Crippen molar-refractivity contribution in [3.05, 3.63) is 58.0 Å². The molecular formula is C17H22FNS. The van der Waals surface area contributed by atoms with Gasteiger partial charge in [-0.25, -0.2) is 4.39 Å². The lowest BCUT2D eigenvalue weighted by atomic mass is 9.92. The largest absolute Gasteiger partial charge is 0.311 e. The van der Waals surface area contributed by atoms with Crippen LogP contribution in [0.4, 0.5) is 4.39 Å². The summed E-state index contributed by atoms with van der Waals surface area (Å²) in [6, 6.07) is 9.12. The molecule has 0 aliphatic carbocycles. The minimum atomic E-state index is -0.159. The van der Waals surface area contributed by atoms with Crippen LogP contribution in [0.5, 0.6) is 0 Å². The van der Waals surface area contributed by atoms with Gasteiger partial charge in [0, 0.05) is 18.0 Å². The maximum Gasteiger partial charge on any atom is 0.123 e. The fraction of sp³-hybridized carbons (Fsp3) is 0.412. The number of nitrogens with one attached hydrogen (secondary N) is 1. The standard InChI is InChI=1S/C17H22FNS/c1-17(2,3)19-11-15(9-13-7-8-20-12-13)14-5-4-6-16(18)10-14/h4-8,10,12,15,19H,9,11H2,1-3H3. The average Bonchev–Trinajstić information content (AvgIpc) is 2.86. The molecule has 1 aromatic heterocycles. The molecule has 0 spiro atoms. The van der Waals surface area contributed by atoms with Gasteiger partial charge in [-0.3, -0.25) is 0 Å². The summed E-state index contributed by atoms with van der Waals surface area (Å²) in [5, 5.41) is 7.80. The molecule has 0 saturated carbocycles. The molecule has 0 saturated heterocycles. The van der Waals surface area contributed by atoms with E-state index >= 15 is 0 Å². The first-order valence-corrected chi connectivity index (χ1v) is 7.90. The Labute approximate surface area is 124 Å². The van der Waals surface area contributed by atoms with Gasteiger partial charge in [-0.05, 0) is 67.3 Å².